The molecule has 1 aromatic heterocycles. The van der Waals surface area contributed by atoms with Crippen molar-refractivity contribution in [3.63, 3.8) is 0 Å². The van der Waals surface area contributed by atoms with E-state index in [0.717, 1.165) is 10.1 Å². The topological polar surface area (TPSA) is 120 Å². The molecule has 1 atom stereocenters. The number of ether oxygens (including phenoxy) is 3. The molecule has 4 rings (SSSR count). The van der Waals surface area contributed by atoms with E-state index in [1.165, 1.54) is 14.2 Å². The molecule has 2 heterocycles. The number of methoxy groups -OCH3 is 2. The van der Waals surface area contributed by atoms with Crippen LogP contribution in [0.5, 0.6) is 17.4 Å². The van der Waals surface area contributed by atoms with Gasteiger partial charge in [0.1, 0.15) is 11.1 Å². The highest BCUT2D eigenvalue weighted by Crippen LogP contribution is 2.45. The number of nitrogens with zero attached hydrogens (tertiary/aromatic N) is 1. The molecule has 9 nitrogen and oxygen atoms in total. The summed E-state index contributed by atoms with van der Waals surface area (Å²) in [6, 6.07) is 9.88. The maximum Gasteiger partial charge on any atom is 0.343 e. The van der Waals surface area contributed by atoms with Crippen LogP contribution in [0, 0.1) is 6.92 Å². The third-order valence-corrected chi connectivity index (χ3v) is 4.96. The summed E-state index contributed by atoms with van der Waals surface area (Å²) in [5.74, 6) is -0.882. The van der Waals surface area contributed by atoms with Gasteiger partial charge in [0, 0.05) is 5.56 Å². The third-order valence-electron chi connectivity index (χ3n) is 4.96. The molecule has 30 heavy (non-hydrogen) atoms. The highest BCUT2D eigenvalue weighted by Gasteiger charge is 2.40. The van der Waals surface area contributed by atoms with E-state index in [1.807, 2.05) is 6.92 Å². The highest BCUT2D eigenvalue weighted by atomic mass is 16.6. The van der Waals surface area contributed by atoms with E-state index in [-0.39, 0.29) is 16.9 Å². The van der Waals surface area contributed by atoms with Gasteiger partial charge in [-0.2, -0.15) is 0 Å². The Morgan fingerprint density at radius 3 is 2.37 bits per heavy atom. The first-order valence-corrected chi connectivity index (χ1v) is 8.98. The number of aryl methyl sites for hydroxylation is 1. The Morgan fingerprint density at radius 1 is 1.03 bits per heavy atom. The molecule has 0 aliphatic carbocycles. The third kappa shape index (κ3) is 2.83. The number of fused-ring (bicyclic) bond motifs is 1. The molecular weight excluding hydrogens is 392 g/mol. The summed E-state index contributed by atoms with van der Waals surface area (Å²) < 4.78 is 16.8. The number of nitrogens with one attached hydrogen (secondary N) is 1. The molecule has 0 unspecified atom stereocenters. The molecule has 1 aliphatic rings. The lowest BCUT2D eigenvalue weighted by Gasteiger charge is -2.16. The number of carbonyl (C=O) groups excluding carboxylic acids is 1. The van der Waals surface area contributed by atoms with Crippen LogP contribution < -0.4 is 20.7 Å². The van der Waals surface area contributed by atoms with Gasteiger partial charge in [0.25, 0.3) is 5.56 Å². The number of carbonyl (C=O) groups is 1. The van der Waals surface area contributed by atoms with Gasteiger partial charge in [-0.15, -0.1) is 0 Å². The Kier molecular flexibility index (Phi) is 4.57. The Bertz CT molecular complexity index is 1270. The first kappa shape index (κ1) is 19.3. The lowest BCUT2D eigenvalue weighted by atomic mass is 9.99. The van der Waals surface area contributed by atoms with Gasteiger partial charge in [-0.1, -0.05) is 23.8 Å². The molecule has 3 aromatic rings. The number of hydrogen-bond donors (Lipinski definition) is 2. The lowest BCUT2D eigenvalue weighted by Crippen LogP contribution is -2.32. The Balaban J connectivity index is 1.95. The van der Waals surface area contributed by atoms with Gasteiger partial charge in [0.05, 0.1) is 19.9 Å². The quantitative estimate of drug-likeness (QED) is 0.630. The predicted octanol–water partition coefficient (Wildman–Crippen LogP) is 1.82. The Hall–Kier alpha value is -4.01. The van der Waals surface area contributed by atoms with Crippen molar-refractivity contribution in [3.05, 3.63) is 79.5 Å². The van der Waals surface area contributed by atoms with Crippen molar-refractivity contribution in [1.82, 2.24) is 9.55 Å². The van der Waals surface area contributed by atoms with Crippen molar-refractivity contribution in [2.75, 3.05) is 14.2 Å². The maximum absolute atomic E-state index is 12.6. The standard InChI is InChI=1S/C21H18N2O7/c1-10-4-6-11(7-5-10)23-19(25)15(18(24)22-21(23)27)16-12-8-9-13(28-2)17(29-3)14(12)20(26)30-16/h4-9,16,25H,1-3H3,(H,22,24,27)/t16-/m1/s1. The Morgan fingerprint density at radius 2 is 1.73 bits per heavy atom. The number of esters is 1. The number of aromatic amines is 1. The summed E-state index contributed by atoms with van der Waals surface area (Å²) in [5, 5.41) is 10.9. The zero-order valence-electron chi connectivity index (χ0n) is 16.4. The van der Waals surface area contributed by atoms with Gasteiger partial charge in [-0.25, -0.2) is 14.2 Å². The summed E-state index contributed by atoms with van der Waals surface area (Å²) in [5.41, 5.74) is -0.243. The van der Waals surface area contributed by atoms with Crippen LogP contribution in [-0.4, -0.2) is 34.8 Å². The van der Waals surface area contributed by atoms with Crippen molar-refractivity contribution in [3.8, 4) is 23.1 Å². The second kappa shape index (κ2) is 7.11. The fourth-order valence-corrected chi connectivity index (χ4v) is 3.52. The largest absolute Gasteiger partial charge is 0.494 e. The summed E-state index contributed by atoms with van der Waals surface area (Å²) in [7, 11) is 2.80. The second-order valence-corrected chi connectivity index (χ2v) is 6.72. The molecule has 0 fully saturated rings. The SMILES string of the molecule is COc1ccc2c(c1OC)C(=O)O[C@H]2c1c(O)n(-c2ccc(C)cc2)c(=O)[nH]c1=O. The van der Waals surface area contributed by atoms with Gasteiger partial charge >= 0.3 is 11.7 Å². The summed E-state index contributed by atoms with van der Waals surface area (Å²) in [6.45, 7) is 1.88. The molecular formula is C21H18N2O7. The number of aromatic hydroxyl groups is 1. The van der Waals surface area contributed by atoms with Gasteiger partial charge in [0.2, 0.25) is 5.88 Å². The summed E-state index contributed by atoms with van der Waals surface area (Å²) >= 11 is 0. The van der Waals surface area contributed by atoms with E-state index in [9.17, 15) is 19.5 Å². The minimum absolute atomic E-state index is 0.0914. The maximum atomic E-state index is 12.6. The van der Waals surface area contributed by atoms with Crippen molar-refractivity contribution in [2.24, 2.45) is 0 Å². The number of rotatable bonds is 4. The number of hydrogen-bond acceptors (Lipinski definition) is 7. The van der Waals surface area contributed by atoms with Crippen LogP contribution in [0.4, 0.5) is 0 Å². The van der Waals surface area contributed by atoms with Gasteiger partial charge in [0.15, 0.2) is 17.6 Å². The van der Waals surface area contributed by atoms with Crippen molar-refractivity contribution >= 4 is 5.97 Å². The molecule has 0 spiro atoms. The molecule has 2 aromatic carbocycles. The molecule has 9 heteroatoms. The van der Waals surface area contributed by atoms with Crippen molar-refractivity contribution in [1.29, 1.82) is 0 Å². The molecule has 0 radical (unpaired) electrons. The molecule has 1 aliphatic heterocycles. The molecule has 0 bridgehead atoms. The normalized spacial score (nSPS) is 14.9. The second-order valence-electron chi connectivity index (χ2n) is 6.72. The molecule has 0 amide bonds. The minimum Gasteiger partial charge on any atom is -0.494 e. The fourth-order valence-electron chi connectivity index (χ4n) is 3.52. The van der Waals surface area contributed by atoms with Gasteiger partial charge in [-0.3, -0.25) is 9.78 Å². The highest BCUT2D eigenvalue weighted by molar-refractivity contribution is 5.98. The molecule has 154 valence electrons. The van der Waals surface area contributed by atoms with Crippen LogP contribution in [0.2, 0.25) is 0 Å². The summed E-state index contributed by atoms with van der Waals surface area (Å²) in [4.78, 5) is 39.8. The predicted molar refractivity (Wildman–Crippen MR) is 106 cm³/mol. The van der Waals surface area contributed by atoms with E-state index < -0.39 is 29.2 Å². The zero-order chi connectivity index (χ0) is 21.6. The van der Waals surface area contributed by atoms with Crippen LogP contribution in [0.25, 0.3) is 5.69 Å². The summed E-state index contributed by atoms with van der Waals surface area (Å²) in [6.07, 6.45) is -1.23. The average molecular weight is 410 g/mol. The monoisotopic (exact) mass is 410 g/mol. The Labute approximate surface area is 170 Å². The van der Waals surface area contributed by atoms with Crippen LogP contribution in [-0.2, 0) is 4.74 Å². The van der Waals surface area contributed by atoms with Crippen LogP contribution in [0.15, 0.2) is 46.0 Å². The number of aromatic nitrogens is 2. The fraction of sp³-hybridized carbons (Fsp3) is 0.190. The first-order chi connectivity index (χ1) is 14.4. The number of benzene rings is 2. The van der Waals surface area contributed by atoms with Gasteiger partial charge in [-0.05, 0) is 25.1 Å². The molecule has 0 saturated carbocycles. The molecule has 2 N–H and O–H groups in total. The minimum atomic E-state index is -1.23. The number of H-pyrrole nitrogens is 1. The smallest absolute Gasteiger partial charge is 0.343 e. The van der Waals surface area contributed by atoms with Gasteiger partial charge < -0.3 is 19.3 Å². The van der Waals surface area contributed by atoms with Crippen LogP contribution in [0.1, 0.15) is 33.2 Å². The lowest BCUT2D eigenvalue weighted by molar-refractivity contribution is 0.0447. The van der Waals surface area contributed by atoms with E-state index >= 15 is 0 Å². The average Bonchev–Trinajstić information content (AvgIpc) is 3.04. The van der Waals surface area contributed by atoms with E-state index in [2.05, 4.69) is 4.98 Å². The van der Waals surface area contributed by atoms with Crippen molar-refractivity contribution in [2.45, 2.75) is 13.0 Å². The van der Waals surface area contributed by atoms with E-state index in [1.54, 1.807) is 36.4 Å². The van der Waals surface area contributed by atoms with E-state index in [0.29, 0.717) is 17.0 Å². The zero-order valence-corrected chi connectivity index (χ0v) is 16.4. The van der Waals surface area contributed by atoms with Crippen molar-refractivity contribution < 1.29 is 24.1 Å². The van der Waals surface area contributed by atoms with Crippen LogP contribution >= 0.6 is 0 Å². The number of cyclic esters (lactones) is 1. The first-order valence-electron chi connectivity index (χ1n) is 8.98. The molecule has 0 saturated heterocycles. The van der Waals surface area contributed by atoms with E-state index in [4.69, 9.17) is 14.2 Å². The van der Waals surface area contributed by atoms with Crippen LogP contribution in [0.3, 0.4) is 0 Å².